The number of pyridine rings is 1. The summed E-state index contributed by atoms with van der Waals surface area (Å²) in [6.45, 7) is 7.10. The number of benzene rings is 1. The van der Waals surface area contributed by atoms with Crippen molar-refractivity contribution in [2.24, 2.45) is 0 Å². The number of aromatic nitrogens is 3. The summed E-state index contributed by atoms with van der Waals surface area (Å²) in [6.07, 6.45) is 3.65. The van der Waals surface area contributed by atoms with Gasteiger partial charge < -0.3 is 15.2 Å². The number of aryl methyl sites for hydroxylation is 2. The number of imidazole rings is 1. The number of urea groups is 1. The second-order valence-corrected chi connectivity index (χ2v) is 8.13. The molecule has 0 saturated carbocycles. The molecule has 2 aromatic heterocycles. The third kappa shape index (κ3) is 4.21. The predicted octanol–water partition coefficient (Wildman–Crippen LogP) is 4.13. The summed E-state index contributed by atoms with van der Waals surface area (Å²) in [7, 11) is 0. The zero-order chi connectivity index (χ0) is 22.1. The fraction of sp³-hybridized carbons (Fsp3) is 0.409. The molecule has 2 amide bonds. The van der Waals surface area contributed by atoms with E-state index in [0.717, 1.165) is 41.0 Å². The first kappa shape index (κ1) is 20.8. The van der Waals surface area contributed by atoms with Crippen molar-refractivity contribution in [1.29, 1.82) is 0 Å². The minimum absolute atomic E-state index is 0.0384. The average Bonchev–Trinajstić information content (AvgIpc) is 3.16. The van der Waals surface area contributed by atoms with Gasteiger partial charge in [-0.1, -0.05) is 12.1 Å². The van der Waals surface area contributed by atoms with Crippen molar-refractivity contribution in [2.75, 3.05) is 13.1 Å². The minimum Gasteiger partial charge on any atom is -0.342 e. The van der Waals surface area contributed by atoms with Gasteiger partial charge in [0.25, 0.3) is 5.69 Å². The van der Waals surface area contributed by atoms with Gasteiger partial charge in [0.15, 0.2) is 0 Å². The molecule has 0 radical (unpaired) electrons. The number of aromatic amines is 1. The number of carbonyl (C=O) groups is 1. The van der Waals surface area contributed by atoms with Crippen molar-refractivity contribution >= 4 is 22.8 Å². The molecule has 4 rings (SSSR count). The lowest BCUT2D eigenvalue weighted by molar-refractivity contribution is -0.384. The van der Waals surface area contributed by atoms with Crippen LogP contribution in [0.3, 0.4) is 0 Å². The van der Waals surface area contributed by atoms with Gasteiger partial charge in [0, 0.05) is 31.4 Å². The van der Waals surface area contributed by atoms with E-state index in [1.165, 1.54) is 17.7 Å². The van der Waals surface area contributed by atoms with Crippen LogP contribution >= 0.6 is 0 Å². The smallest absolute Gasteiger partial charge is 0.317 e. The number of H-pyrrole nitrogens is 1. The molecule has 1 atom stereocenters. The molecule has 1 unspecified atom stereocenters. The highest BCUT2D eigenvalue weighted by Gasteiger charge is 2.27. The second kappa shape index (κ2) is 8.33. The number of rotatable bonds is 4. The molecule has 9 heteroatoms. The van der Waals surface area contributed by atoms with Gasteiger partial charge in [-0.3, -0.25) is 15.1 Å². The quantitative estimate of drug-likeness (QED) is 0.484. The molecule has 0 spiro atoms. The highest BCUT2D eigenvalue weighted by molar-refractivity contribution is 5.81. The lowest BCUT2D eigenvalue weighted by Crippen LogP contribution is -2.44. The first-order valence-corrected chi connectivity index (χ1v) is 10.4. The maximum atomic E-state index is 12.7. The van der Waals surface area contributed by atoms with Crippen molar-refractivity contribution in [1.82, 2.24) is 25.2 Å². The van der Waals surface area contributed by atoms with E-state index >= 15 is 0 Å². The number of hydrogen-bond acceptors (Lipinski definition) is 5. The van der Waals surface area contributed by atoms with E-state index < -0.39 is 4.92 Å². The highest BCUT2D eigenvalue weighted by Crippen LogP contribution is 2.32. The first-order valence-electron chi connectivity index (χ1n) is 10.4. The van der Waals surface area contributed by atoms with Gasteiger partial charge in [0.2, 0.25) is 0 Å². The molecule has 1 aliphatic heterocycles. The third-order valence-corrected chi connectivity index (χ3v) is 6.02. The zero-order valence-electron chi connectivity index (χ0n) is 17.9. The monoisotopic (exact) mass is 422 g/mol. The number of likely N-dealkylation sites (tertiary alicyclic amines) is 1. The Balaban J connectivity index is 1.38. The van der Waals surface area contributed by atoms with E-state index in [-0.39, 0.29) is 17.8 Å². The number of carbonyl (C=O) groups excluding carboxylic acids is 1. The molecule has 162 valence electrons. The van der Waals surface area contributed by atoms with Crippen molar-refractivity contribution in [3.05, 3.63) is 63.2 Å². The molecule has 1 aliphatic rings. The van der Waals surface area contributed by atoms with Crippen LogP contribution in [0.25, 0.3) is 11.0 Å². The van der Waals surface area contributed by atoms with Crippen molar-refractivity contribution in [3.8, 4) is 0 Å². The lowest BCUT2D eigenvalue weighted by Gasteiger charge is -2.33. The Morgan fingerprint density at radius 2 is 1.94 bits per heavy atom. The van der Waals surface area contributed by atoms with Crippen LogP contribution in [-0.2, 0) is 0 Å². The maximum Gasteiger partial charge on any atom is 0.317 e. The van der Waals surface area contributed by atoms with Crippen LogP contribution in [-0.4, -0.2) is 43.9 Å². The zero-order valence-corrected chi connectivity index (χ0v) is 17.9. The molecule has 0 bridgehead atoms. The van der Waals surface area contributed by atoms with Crippen molar-refractivity contribution < 1.29 is 9.72 Å². The van der Waals surface area contributed by atoms with Crippen molar-refractivity contribution in [2.45, 2.75) is 45.6 Å². The van der Waals surface area contributed by atoms with E-state index in [1.54, 1.807) is 12.1 Å². The molecule has 1 saturated heterocycles. The number of amides is 2. The lowest BCUT2D eigenvalue weighted by atomic mass is 9.89. The summed E-state index contributed by atoms with van der Waals surface area (Å²) in [5.41, 5.74) is 4.93. The summed E-state index contributed by atoms with van der Waals surface area (Å²) in [4.78, 5) is 37.4. The van der Waals surface area contributed by atoms with Gasteiger partial charge in [-0.05, 0) is 50.7 Å². The SMILES string of the molecule is Cc1nc2c(C)ncc(C3CCN(C(=O)NC(C)c4ccc([N+](=O)[O-])cc4)CC3)c2[nH]1. The standard InChI is InChI=1S/C22H26N6O3/c1-13(16-4-6-18(7-5-16)28(30)31)24-22(29)27-10-8-17(9-11-27)19-12-23-14(2)20-21(19)26-15(3)25-20/h4-7,12-13,17H,8-11H2,1-3H3,(H,24,29)(H,25,26). The summed E-state index contributed by atoms with van der Waals surface area (Å²) in [5.74, 6) is 1.20. The first-order chi connectivity index (χ1) is 14.8. The van der Waals surface area contributed by atoms with Gasteiger partial charge in [0.1, 0.15) is 11.3 Å². The maximum absolute atomic E-state index is 12.7. The molecule has 2 N–H and O–H groups in total. The molecule has 31 heavy (non-hydrogen) atoms. The summed E-state index contributed by atoms with van der Waals surface area (Å²) in [5, 5.41) is 13.8. The van der Waals surface area contributed by atoms with Crippen LogP contribution in [0.4, 0.5) is 10.5 Å². The van der Waals surface area contributed by atoms with Crippen LogP contribution in [0.1, 0.15) is 54.4 Å². The van der Waals surface area contributed by atoms with E-state index in [4.69, 9.17) is 0 Å². The van der Waals surface area contributed by atoms with E-state index in [1.807, 2.05) is 31.9 Å². The number of piperidine rings is 1. The fourth-order valence-corrected chi connectivity index (χ4v) is 4.20. The Hall–Kier alpha value is -3.49. The van der Waals surface area contributed by atoms with Gasteiger partial charge in [-0.25, -0.2) is 9.78 Å². The molecule has 0 aliphatic carbocycles. The fourth-order valence-electron chi connectivity index (χ4n) is 4.20. The molecule has 3 heterocycles. The Morgan fingerprint density at radius 3 is 2.58 bits per heavy atom. The average molecular weight is 422 g/mol. The van der Waals surface area contributed by atoms with Crippen LogP contribution in [0.2, 0.25) is 0 Å². The summed E-state index contributed by atoms with van der Waals surface area (Å²) >= 11 is 0. The number of nitrogens with zero attached hydrogens (tertiary/aromatic N) is 4. The number of fused-ring (bicyclic) bond motifs is 1. The number of nitrogens with one attached hydrogen (secondary N) is 2. The van der Waals surface area contributed by atoms with Gasteiger partial charge in [-0.15, -0.1) is 0 Å². The molecular formula is C22H26N6O3. The Labute approximate surface area is 180 Å². The van der Waals surface area contributed by atoms with E-state index in [9.17, 15) is 14.9 Å². The van der Waals surface area contributed by atoms with Crippen LogP contribution < -0.4 is 5.32 Å². The Kier molecular flexibility index (Phi) is 5.58. The molecule has 1 aromatic carbocycles. The number of hydrogen-bond donors (Lipinski definition) is 2. The molecule has 1 fully saturated rings. The van der Waals surface area contributed by atoms with Gasteiger partial charge in [0.05, 0.1) is 22.2 Å². The highest BCUT2D eigenvalue weighted by atomic mass is 16.6. The normalized spacial score (nSPS) is 15.8. The number of nitro benzene ring substituents is 1. The van der Waals surface area contributed by atoms with Crippen LogP contribution in [0.15, 0.2) is 30.5 Å². The largest absolute Gasteiger partial charge is 0.342 e. The third-order valence-electron chi connectivity index (χ3n) is 6.02. The number of non-ortho nitro benzene ring substituents is 1. The minimum atomic E-state index is -0.431. The molecule has 9 nitrogen and oxygen atoms in total. The predicted molar refractivity (Wildman–Crippen MR) is 117 cm³/mol. The molecule has 3 aromatic rings. The topological polar surface area (TPSA) is 117 Å². The van der Waals surface area contributed by atoms with E-state index in [2.05, 4.69) is 20.3 Å². The van der Waals surface area contributed by atoms with Gasteiger partial charge >= 0.3 is 6.03 Å². The van der Waals surface area contributed by atoms with Crippen molar-refractivity contribution in [3.63, 3.8) is 0 Å². The van der Waals surface area contributed by atoms with Crippen LogP contribution in [0, 0.1) is 24.0 Å². The van der Waals surface area contributed by atoms with Gasteiger partial charge in [-0.2, -0.15) is 0 Å². The number of nitro groups is 1. The van der Waals surface area contributed by atoms with Crippen LogP contribution in [0.5, 0.6) is 0 Å². The Morgan fingerprint density at radius 1 is 1.26 bits per heavy atom. The summed E-state index contributed by atoms with van der Waals surface area (Å²) in [6, 6.07) is 5.91. The summed E-state index contributed by atoms with van der Waals surface area (Å²) < 4.78 is 0. The Bertz CT molecular complexity index is 1120. The second-order valence-electron chi connectivity index (χ2n) is 8.13. The van der Waals surface area contributed by atoms with E-state index in [0.29, 0.717) is 19.0 Å². The molecular weight excluding hydrogens is 396 g/mol.